The van der Waals surface area contributed by atoms with Crippen LogP contribution in [0.2, 0.25) is 0 Å². The summed E-state index contributed by atoms with van der Waals surface area (Å²) in [6.45, 7) is 3.98. The first-order valence-electron chi connectivity index (χ1n) is 3.13. The highest BCUT2D eigenvalue weighted by atomic mass is 16.5. The summed E-state index contributed by atoms with van der Waals surface area (Å²) in [5.41, 5.74) is 1.59. The van der Waals surface area contributed by atoms with Crippen LogP contribution in [0.1, 0.15) is 26.7 Å². The van der Waals surface area contributed by atoms with Crippen molar-refractivity contribution in [3.05, 3.63) is 0 Å². The highest BCUT2D eigenvalue weighted by molar-refractivity contribution is 5.74. The molecule has 0 saturated carbocycles. The SMILES string of the molecule is CCC(C)CC(=O)NO. The van der Waals surface area contributed by atoms with Crippen LogP contribution in [0.25, 0.3) is 0 Å². The Morgan fingerprint density at radius 3 is 2.67 bits per heavy atom. The number of hydroxylamine groups is 1. The van der Waals surface area contributed by atoms with Gasteiger partial charge in [0.05, 0.1) is 0 Å². The Kier molecular flexibility index (Phi) is 4.05. The van der Waals surface area contributed by atoms with Crippen LogP contribution in [0.15, 0.2) is 0 Å². The molecule has 0 radical (unpaired) electrons. The van der Waals surface area contributed by atoms with Crippen LogP contribution >= 0.6 is 0 Å². The molecule has 0 aromatic carbocycles. The Balaban J connectivity index is 3.34. The monoisotopic (exact) mass is 131 g/mol. The number of amides is 1. The summed E-state index contributed by atoms with van der Waals surface area (Å²) >= 11 is 0. The summed E-state index contributed by atoms with van der Waals surface area (Å²) in [5.74, 6) is 0.0569. The van der Waals surface area contributed by atoms with Gasteiger partial charge in [0.2, 0.25) is 5.91 Å². The maximum atomic E-state index is 10.4. The standard InChI is InChI=1S/C6H13NO2/c1-3-5(2)4-6(8)7-9/h5,9H,3-4H2,1-2H3,(H,7,8). The van der Waals surface area contributed by atoms with Gasteiger partial charge in [-0.15, -0.1) is 0 Å². The molecule has 0 aromatic rings. The summed E-state index contributed by atoms with van der Waals surface area (Å²) in [5, 5.41) is 8.08. The van der Waals surface area contributed by atoms with Crippen molar-refractivity contribution in [3.63, 3.8) is 0 Å². The van der Waals surface area contributed by atoms with Gasteiger partial charge in [0.15, 0.2) is 0 Å². The quantitative estimate of drug-likeness (QED) is 0.442. The first-order chi connectivity index (χ1) is 4.20. The van der Waals surface area contributed by atoms with E-state index in [2.05, 4.69) is 0 Å². The van der Waals surface area contributed by atoms with Crippen LogP contribution in [0.4, 0.5) is 0 Å². The fraction of sp³-hybridized carbons (Fsp3) is 0.833. The van der Waals surface area contributed by atoms with Crippen molar-refractivity contribution in [2.75, 3.05) is 0 Å². The third-order valence-electron chi connectivity index (χ3n) is 1.36. The zero-order chi connectivity index (χ0) is 7.28. The maximum absolute atomic E-state index is 10.4. The number of hydrogen-bond acceptors (Lipinski definition) is 2. The first kappa shape index (κ1) is 8.43. The van der Waals surface area contributed by atoms with Crippen molar-refractivity contribution in [1.29, 1.82) is 0 Å². The Morgan fingerprint density at radius 1 is 1.78 bits per heavy atom. The molecule has 0 bridgehead atoms. The van der Waals surface area contributed by atoms with Gasteiger partial charge in [-0.1, -0.05) is 20.3 Å². The molecule has 2 N–H and O–H groups in total. The van der Waals surface area contributed by atoms with Gasteiger partial charge in [0.25, 0.3) is 0 Å². The summed E-state index contributed by atoms with van der Waals surface area (Å²) in [7, 11) is 0. The predicted molar refractivity (Wildman–Crippen MR) is 34.0 cm³/mol. The van der Waals surface area contributed by atoms with Crippen LogP contribution in [-0.4, -0.2) is 11.1 Å². The molecule has 3 heteroatoms. The third-order valence-corrected chi connectivity index (χ3v) is 1.36. The van der Waals surface area contributed by atoms with Crippen molar-refractivity contribution in [2.45, 2.75) is 26.7 Å². The molecule has 1 atom stereocenters. The van der Waals surface area contributed by atoms with Crippen molar-refractivity contribution in [3.8, 4) is 0 Å². The van der Waals surface area contributed by atoms with Gasteiger partial charge in [0.1, 0.15) is 0 Å². The van der Waals surface area contributed by atoms with E-state index in [4.69, 9.17) is 5.21 Å². The zero-order valence-corrected chi connectivity index (χ0v) is 5.85. The molecule has 0 fully saturated rings. The molecular weight excluding hydrogens is 118 g/mol. The Bertz CT molecular complexity index is 93.1. The van der Waals surface area contributed by atoms with Crippen molar-refractivity contribution >= 4 is 5.91 Å². The van der Waals surface area contributed by atoms with E-state index in [1.165, 1.54) is 0 Å². The van der Waals surface area contributed by atoms with E-state index in [1.807, 2.05) is 13.8 Å². The van der Waals surface area contributed by atoms with Crippen LogP contribution < -0.4 is 5.48 Å². The van der Waals surface area contributed by atoms with Gasteiger partial charge in [-0.2, -0.15) is 0 Å². The smallest absolute Gasteiger partial charge is 0.243 e. The van der Waals surface area contributed by atoms with E-state index in [0.29, 0.717) is 12.3 Å². The lowest BCUT2D eigenvalue weighted by molar-refractivity contribution is -0.130. The summed E-state index contributed by atoms with van der Waals surface area (Å²) in [6, 6.07) is 0. The van der Waals surface area contributed by atoms with E-state index < -0.39 is 0 Å². The molecule has 0 heterocycles. The molecular formula is C6H13NO2. The van der Waals surface area contributed by atoms with E-state index in [9.17, 15) is 4.79 Å². The molecule has 0 aliphatic heterocycles. The van der Waals surface area contributed by atoms with E-state index in [-0.39, 0.29) is 5.91 Å². The average molecular weight is 131 g/mol. The van der Waals surface area contributed by atoms with Crippen molar-refractivity contribution in [1.82, 2.24) is 5.48 Å². The molecule has 0 spiro atoms. The van der Waals surface area contributed by atoms with E-state index >= 15 is 0 Å². The number of rotatable bonds is 3. The Morgan fingerprint density at radius 2 is 2.33 bits per heavy atom. The van der Waals surface area contributed by atoms with Crippen LogP contribution in [0, 0.1) is 5.92 Å². The molecule has 54 valence electrons. The number of nitrogens with one attached hydrogen (secondary N) is 1. The molecule has 3 nitrogen and oxygen atoms in total. The molecule has 0 aromatic heterocycles. The Hall–Kier alpha value is -0.570. The summed E-state index contributed by atoms with van der Waals surface area (Å²) < 4.78 is 0. The molecule has 0 aliphatic carbocycles. The van der Waals surface area contributed by atoms with Gasteiger partial charge in [-0.05, 0) is 5.92 Å². The highest BCUT2D eigenvalue weighted by Crippen LogP contribution is 2.04. The number of hydrogen-bond donors (Lipinski definition) is 2. The molecule has 1 unspecified atom stereocenters. The second kappa shape index (κ2) is 4.32. The van der Waals surface area contributed by atoms with Gasteiger partial charge in [0, 0.05) is 6.42 Å². The molecule has 0 saturated heterocycles. The molecule has 0 aliphatic rings. The average Bonchev–Trinajstić information content (AvgIpc) is 1.87. The summed E-state index contributed by atoms with van der Waals surface area (Å²) in [6.07, 6.45) is 1.38. The minimum absolute atomic E-state index is 0.302. The highest BCUT2D eigenvalue weighted by Gasteiger charge is 2.04. The lowest BCUT2D eigenvalue weighted by Gasteiger charge is -2.04. The molecule has 1 amide bonds. The molecule has 9 heavy (non-hydrogen) atoms. The van der Waals surface area contributed by atoms with E-state index in [0.717, 1.165) is 6.42 Å². The third kappa shape index (κ3) is 3.97. The van der Waals surface area contributed by atoms with E-state index in [1.54, 1.807) is 5.48 Å². The minimum atomic E-state index is -0.302. The predicted octanol–water partition coefficient (Wildman–Crippen LogP) is 0.928. The van der Waals surface area contributed by atoms with Gasteiger partial charge >= 0.3 is 0 Å². The molecule has 0 rings (SSSR count). The number of carbonyl (C=O) groups is 1. The zero-order valence-electron chi connectivity index (χ0n) is 5.85. The van der Waals surface area contributed by atoms with Crippen LogP contribution in [0.5, 0.6) is 0 Å². The first-order valence-corrected chi connectivity index (χ1v) is 3.13. The lowest BCUT2D eigenvalue weighted by Crippen LogP contribution is -2.20. The fourth-order valence-electron chi connectivity index (χ4n) is 0.506. The second-order valence-corrected chi connectivity index (χ2v) is 2.25. The van der Waals surface area contributed by atoms with Crippen LogP contribution in [0.3, 0.4) is 0 Å². The minimum Gasteiger partial charge on any atom is -0.289 e. The van der Waals surface area contributed by atoms with Crippen molar-refractivity contribution in [2.24, 2.45) is 5.92 Å². The normalized spacial score (nSPS) is 12.8. The van der Waals surface area contributed by atoms with Gasteiger partial charge in [-0.3, -0.25) is 10.0 Å². The van der Waals surface area contributed by atoms with Crippen molar-refractivity contribution < 1.29 is 10.0 Å². The largest absolute Gasteiger partial charge is 0.289 e. The van der Waals surface area contributed by atoms with Gasteiger partial charge < -0.3 is 0 Å². The Labute approximate surface area is 55.0 Å². The van der Waals surface area contributed by atoms with Gasteiger partial charge in [-0.25, -0.2) is 5.48 Å². The lowest BCUT2D eigenvalue weighted by atomic mass is 10.1. The topological polar surface area (TPSA) is 49.3 Å². The summed E-state index contributed by atoms with van der Waals surface area (Å²) in [4.78, 5) is 10.4. The number of carbonyl (C=O) groups excluding carboxylic acids is 1. The van der Waals surface area contributed by atoms with Crippen LogP contribution in [-0.2, 0) is 4.79 Å². The second-order valence-electron chi connectivity index (χ2n) is 2.25. The maximum Gasteiger partial charge on any atom is 0.243 e. The fourth-order valence-corrected chi connectivity index (χ4v) is 0.506.